The third-order valence-corrected chi connectivity index (χ3v) is 3.18. The lowest BCUT2D eigenvalue weighted by atomic mass is 10.1. The van der Waals surface area contributed by atoms with Crippen molar-refractivity contribution in [3.05, 3.63) is 41.7 Å². The Balaban J connectivity index is 2.44. The standard InChI is InChI=1S/C15H20N4O/c1-4-10-18(5-2)15(20)13-11-12(3)6-7-14(13)19-16-8-9-17-19/h6-9,11H,4-5,10H2,1-3H3. The molecule has 2 aromatic rings. The van der Waals surface area contributed by atoms with Gasteiger partial charge in [0.25, 0.3) is 5.91 Å². The molecule has 0 unspecified atom stereocenters. The molecule has 2 rings (SSSR count). The Morgan fingerprint density at radius 1 is 1.25 bits per heavy atom. The molecular formula is C15H20N4O. The van der Waals surface area contributed by atoms with Crippen molar-refractivity contribution in [3.8, 4) is 5.69 Å². The molecule has 5 heteroatoms. The highest BCUT2D eigenvalue weighted by Gasteiger charge is 2.19. The van der Waals surface area contributed by atoms with Gasteiger partial charge in [-0.25, -0.2) is 0 Å². The number of hydrogen-bond donors (Lipinski definition) is 0. The molecule has 0 aliphatic rings. The first-order valence-electron chi connectivity index (χ1n) is 6.94. The van der Waals surface area contributed by atoms with Crippen LogP contribution in [0.15, 0.2) is 30.6 Å². The maximum atomic E-state index is 12.7. The molecule has 0 aliphatic heterocycles. The summed E-state index contributed by atoms with van der Waals surface area (Å²) in [6, 6.07) is 5.76. The van der Waals surface area contributed by atoms with E-state index in [9.17, 15) is 4.79 Å². The maximum Gasteiger partial charge on any atom is 0.256 e. The monoisotopic (exact) mass is 272 g/mol. The van der Waals surface area contributed by atoms with Crippen LogP contribution >= 0.6 is 0 Å². The molecular weight excluding hydrogens is 252 g/mol. The number of rotatable bonds is 5. The molecule has 0 bridgehead atoms. The number of benzene rings is 1. The van der Waals surface area contributed by atoms with Crippen LogP contribution in [0.1, 0.15) is 36.2 Å². The minimum absolute atomic E-state index is 0.0327. The number of aromatic nitrogens is 3. The van der Waals surface area contributed by atoms with Crippen molar-refractivity contribution < 1.29 is 4.79 Å². The van der Waals surface area contributed by atoms with Crippen LogP contribution in [0.3, 0.4) is 0 Å². The number of amides is 1. The van der Waals surface area contributed by atoms with Gasteiger partial charge in [-0.15, -0.1) is 0 Å². The topological polar surface area (TPSA) is 51.0 Å². The van der Waals surface area contributed by atoms with E-state index in [4.69, 9.17) is 0 Å². The molecule has 106 valence electrons. The molecule has 20 heavy (non-hydrogen) atoms. The Morgan fingerprint density at radius 3 is 2.55 bits per heavy atom. The number of hydrogen-bond acceptors (Lipinski definition) is 3. The number of carbonyl (C=O) groups excluding carboxylic acids is 1. The third kappa shape index (κ3) is 2.87. The quantitative estimate of drug-likeness (QED) is 0.840. The molecule has 0 N–H and O–H groups in total. The lowest BCUT2D eigenvalue weighted by Crippen LogP contribution is -2.32. The van der Waals surface area contributed by atoms with Gasteiger partial charge in [-0.1, -0.05) is 18.6 Å². The highest BCUT2D eigenvalue weighted by molar-refractivity contribution is 5.97. The van der Waals surface area contributed by atoms with E-state index in [2.05, 4.69) is 17.1 Å². The predicted octanol–water partition coefficient (Wildman–Crippen LogP) is 2.45. The van der Waals surface area contributed by atoms with Gasteiger partial charge in [0.05, 0.1) is 23.6 Å². The fraction of sp³-hybridized carbons (Fsp3) is 0.400. The van der Waals surface area contributed by atoms with Gasteiger partial charge in [-0.3, -0.25) is 4.79 Å². The summed E-state index contributed by atoms with van der Waals surface area (Å²) < 4.78 is 0. The van der Waals surface area contributed by atoms with Crippen molar-refractivity contribution in [1.29, 1.82) is 0 Å². The van der Waals surface area contributed by atoms with Gasteiger partial charge in [0.2, 0.25) is 0 Å². The zero-order valence-corrected chi connectivity index (χ0v) is 12.2. The average molecular weight is 272 g/mol. The molecule has 1 amide bonds. The number of aryl methyl sites for hydroxylation is 1. The fourth-order valence-corrected chi connectivity index (χ4v) is 2.18. The van der Waals surface area contributed by atoms with Crippen molar-refractivity contribution in [2.24, 2.45) is 0 Å². The highest BCUT2D eigenvalue weighted by Crippen LogP contribution is 2.17. The van der Waals surface area contributed by atoms with Crippen LogP contribution in [0.2, 0.25) is 0 Å². The molecule has 0 saturated carbocycles. The summed E-state index contributed by atoms with van der Waals surface area (Å²) in [5.74, 6) is 0.0327. The lowest BCUT2D eigenvalue weighted by molar-refractivity contribution is 0.0764. The second-order valence-corrected chi connectivity index (χ2v) is 4.72. The van der Waals surface area contributed by atoms with Gasteiger partial charge in [-0.05, 0) is 32.4 Å². The fourth-order valence-electron chi connectivity index (χ4n) is 2.18. The largest absolute Gasteiger partial charge is 0.339 e. The molecule has 0 fully saturated rings. The molecule has 0 radical (unpaired) electrons. The summed E-state index contributed by atoms with van der Waals surface area (Å²) >= 11 is 0. The average Bonchev–Trinajstić information content (AvgIpc) is 2.98. The summed E-state index contributed by atoms with van der Waals surface area (Å²) in [6.45, 7) is 7.51. The van der Waals surface area contributed by atoms with Crippen LogP contribution in [0.4, 0.5) is 0 Å². The van der Waals surface area contributed by atoms with Crippen molar-refractivity contribution in [1.82, 2.24) is 19.9 Å². The van der Waals surface area contributed by atoms with Crippen molar-refractivity contribution >= 4 is 5.91 Å². The second kappa shape index (κ2) is 6.32. The highest BCUT2D eigenvalue weighted by atomic mass is 16.2. The smallest absolute Gasteiger partial charge is 0.256 e. The van der Waals surface area contributed by atoms with Gasteiger partial charge >= 0.3 is 0 Å². The van der Waals surface area contributed by atoms with Crippen LogP contribution in [0.25, 0.3) is 5.69 Å². The molecule has 0 saturated heterocycles. The molecule has 0 aliphatic carbocycles. The second-order valence-electron chi connectivity index (χ2n) is 4.72. The van der Waals surface area contributed by atoms with E-state index >= 15 is 0 Å². The summed E-state index contributed by atoms with van der Waals surface area (Å²) in [7, 11) is 0. The Kier molecular flexibility index (Phi) is 4.50. The summed E-state index contributed by atoms with van der Waals surface area (Å²) in [5, 5.41) is 8.25. The van der Waals surface area contributed by atoms with Gasteiger partial charge in [0.1, 0.15) is 0 Å². The minimum atomic E-state index is 0.0327. The summed E-state index contributed by atoms with van der Waals surface area (Å²) in [6.07, 6.45) is 4.16. The van der Waals surface area contributed by atoms with Crippen molar-refractivity contribution in [3.63, 3.8) is 0 Å². The van der Waals surface area contributed by atoms with Gasteiger partial charge < -0.3 is 4.90 Å². The summed E-state index contributed by atoms with van der Waals surface area (Å²) in [5.41, 5.74) is 2.42. The normalized spacial score (nSPS) is 10.6. The molecule has 5 nitrogen and oxygen atoms in total. The van der Waals surface area contributed by atoms with Crippen LogP contribution < -0.4 is 0 Å². The van der Waals surface area contributed by atoms with Crippen LogP contribution in [0.5, 0.6) is 0 Å². The number of carbonyl (C=O) groups is 1. The SMILES string of the molecule is CCCN(CC)C(=O)c1cc(C)ccc1-n1nccn1. The van der Waals surface area contributed by atoms with Crippen LogP contribution in [-0.2, 0) is 0 Å². The van der Waals surface area contributed by atoms with Crippen molar-refractivity contribution in [2.75, 3.05) is 13.1 Å². The zero-order valence-electron chi connectivity index (χ0n) is 12.2. The van der Waals surface area contributed by atoms with Gasteiger partial charge in [-0.2, -0.15) is 15.0 Å². The first-order chi connectivity index (χ1) is 9.67. The van der Waals surface area contributed by atoms with E-state index in [1.807, 2.05) is 36.9 Å². The van der Waals surface area contributed by atoms with E-state index < -0.39 is 0 Å². The number of nitrogens with zero attached hydrogens (tertiary/aromatic N) is 4. The lowest BCUT2D eigenvalue weighted by Gasteiger charge is -2.21. The molecule has 0 atom stereocenters. The first kappa shape index (κ1) is 14.2. The first-order valence-corrected chi connectivity index (χ1v) is 6.94. The van der Waals surface area contributed by atoms with E-state index in [0.29, 0.717) is 12.1 Å². The van der Waals surface area contributed by atoms with Gasteiger partial charge in [0.15, 0.2) is 0 Å². The third-order valence-electron chi connectivity index (χ3n) is 3.18. The van der Waals surface area contributed by atoms with E-state index in [1.165, 1.54) is 4.80 Å². The van der Waals surface area contributed by atoms with E-state index in [1.54, 1.807) is 12.4 Å². The Labute approximate surface area is 119 Å². The van der Waals surface area contributed by atoms with E-state index in [0.717, 1.165) is 24.2 Å². The van der Waals surface area contributed by atoms with Crippen LogP contribution in [0, 0.1) is 6.92 Å². The minimum Gasteiger partial charge on any atom is -0.339 e. The van der Waals surface area contributed by atoms with Crippen molar-refractivity contribution in [2.45, 2.75) is 27.2 Å². The predicted molar refractivity (Wildman–Crippen MR) is 78.0 cm³/mol. The van der Waals surface area contributed by atoms with E-state index in [-0.39, 0.29) is 5.91 Å². The maximum absolute atomic E-state index is 12.7. The molecule has 0 spiro atoms. The summed E-state index contributed by atoms with van der Waals surface area (Å²) in [4.78, 5) is 16.0. The zero-order chi connectivity index (χ0) is 14.5. The Hall–Kier alpha value is -2.17. The Bertz CT molecular complexity index is 578. The Morgan fingerprint density at radius 2 is 1.95 bits per heavy atom. The molecule has 1 heterocycles. The van der Waals surface area contributed by atoms with Crippen LogP contribution in [-0.4, -0.2) is 38.9 Å². The molecule has 1 aromatic heterocycles. The molecule has 1 aromatic carbocycles. The van der Waals surface area contributed by atoms with Gasteiger partial charge in [0, 0.05) is 13.1 Å².